The van der Waals surface area contributed by atoms with Crippen molar-refractivity contribution >= 4 is 12.0 Å². The van der Waals surface area contributed by atoms with E-state index in [0.29, 0.717) is 0 Å². The van der Waals surface area contributed by atoms with Crippen molar-refractivity contribution in [1.82, 2.24) is 10.2 Å². The van der Waals surface area contributed by atoms with E-state index >= 15 is 0 Å². The molecule has 0 radical (unpaired) electrons. The molecule has 1 heterocycles. The maximum absolute atomic E-state index is 12.2. The minimum absolute atomic E-state index is 0.000277. The highest BCUT2D eigenvalue weighted by molar-refractivity contribution is 5.84. The standard InChI is InChI=1S/C13H22N2O4/c1-12(2)10(13(12,3)4)14-11(19)15-6-7(16)5-8(15)9(17)18/h7-8,10,16H,5-6H2,1-4H3,(H,14,19)(H,17,18)/t7?,8-/m0/s1. The van der Waals surface area contributed by atoms with Gasteiger partial charge < -0.3 is 20.4 Å². The molecule has 1 aliphatic carbocycles. The number of amides is 2. The van der Waals surface area contributed by atoms with Crippen LogP contribution < -0.4 is 5.32 Å². The van der Waals surface area contributed by atoms with Crippen LogP contribution in [0.25, 0.3) is 0 Å². The van der Waals surface area contributed by atoms with Gasteiger partial charge in [-0.15, -0.1) is 0 Å². The van der Waals surface area contributed by atoms with Gasteiger partial charge in [-0.25, -0.2) is 9.59 Å². The van der Waals surface area contributed by atoms with Gasteiger partial charge in [0.05, 0.1) is 6.10 Å². The third-order valence-electron chi connectivity index (χ3n) is 5.11. The molecule has 6 heteroatoms. The number of aliphatic carboxylic acids is 1. The van der Waals surface area contributed by atoms with Gasteiger partial charge in [0, 0.05) is 19.0 Å². The molecular weight excluding hydrogens is 248 g/mol. The first-order valence-electron chi connectivity index (χ1n) is 6.57. The average molecular weight is 270 g/mol. The van der Waals surface area contributed by atoms with E-state index in [1.807, 2.05) is 0 Å². The molecule has 0 spiro atoms. The van der Waals surface area contributed by atoms with Crippen molar-refractivity contribution in [2.75, 3.05) is 6.54 Å². The summed E-state index contributed by atoms with van der Waals surface area (Å²) in [7, 11) is 0. The minimum atomic E-state index is -1.07. The second-order valence-corrected chi connectivity index (χ2v) is 6.72. The second-order valence-electron chi connectivity index (χ2n) is 6.72. The van der Waals surface area contributed by atoms with Gasteiger partial charge in [0.25, 0.3) is 0 Å². The number of carbonyl (C=O) groups is 2. The molecule has 1 unspecified atom stereocenters. The summed E-state index contributed by atoms with van der Waals surface area (Å²) in [5.74, 6) is -1.07. The number of carboxylic acid groups (broad SMARTS) is 1. The number of β-amino-alcohol motifs (C(OH)–C–C–N with tert-alkyl or cyclic N) is 1. The quantitative estimate of drug-likeness (QED) is 0.687. The van der Waals surface area contributed by atoms with Crippen molar-refractivity contribution < 1.29 is 19.8 Å². The van der Waals surface area contributed by atoms with Gasteiger partial charge in [-0.05, 0) is 10.8 Å². The predicted octanol–water partition coefficient (Wildman–Crippen LogP) is 0.650. The van der Waals surface area contributed by atoms with Gasteiger partial charge in [-0.3, -0.25) is 0 Å². The molecule has 0 bridgehead atoms. The zero-order valence-electron chi connectivity index (χ0n) is 11.8. The molecule has 0 aromatic heterocycles. The number of carbonyl (C=O) groups excluding carboxylic acids is 1. The first-order valence-corrected chi connectivity index (χ1v) is 6.57. The van der Waals surface area contributed by atoms with E-state index < -0.39 is 24.1 Å². The molecule has 2 fully saturated rings. The SMILES string of the molecule is CC1(C)C(NC(=O)N2CC(O)C[C@H]2C(=O)O)C1(C)C. The maximum Gasteiger partial charge on any atom is 0.326 e. The van der Waals surface area contributed by atoms with E-state index in [9.17, 15) is 14.7 Å². The van der Waals surface area contributed by atoms with Crippen LogP contribution in [0.1, 0.15) is 34.1 Å². The number of aliphatic hydroxyl groups is 1. The molecule has 2 aliphatic rings. The van der Waals surface area contributed by atoms with Crippen LogP contribution in [0.4, 0.5) is 4.79 Å². The highest BCUT2D eigenvalue weighted by Gasteiger charge is 2.65. The Bertz CT molecular complexity index is 405. The van der Waals surface area contributed by atoms with Gasteiger partial charge in [0.15, 0.2) is 0 Å². The summed E-state index contributed by atoms with van der Waals surface area (Å²) >= 11 is 0. The third-order valence-corrected chi connectivity index (χ3v) is 5.11. The van der Waals surface area contributed by atoms with Crippen molar-refractivity contribution in [1.29, 1.82) is 0 Å². The third kappa shape index (κ3) is 2.08. The van der Waals surface area contributed by atoms with Crippen LogP contribution in [0.3, 0.4) is 0 Å². The fraction of sp³-hybridized carbons (Fsp3) is 0.846. The smallest absolute Gasteiger partial charge is 0.326 e. The molecule has 3 N–H and O–H groups in total. The fourth-order valence-electron chi connectivity index (χ4n) is 3.04. The Morgan fingerprint density at radius 1 is 1.21 bits per heavy atom. The van der Waals surface area contributed by atoms with E-state index in [1.54, 1.807) is 0 Å². The normalized spacial score (nSPS) is 32.2. The topological polar surface area (TPSA) is 89.9 Å². The predicted molar refractivity (Wildman–Crippen MR) is 68.6 cm³/mol. The molecule has 6 nitrogen and oxygen atoms in total. The van der Waals surface area contributed by atoms with Crippen LogP contribution in [-0.2, 0) is 4.79 Å². The number of nitrogens with zero attached hydrogens (tertiary/aromatic N) is 1. The molecule has 1 saturated heterocycles. The zero-order chi connectivity index (χ0) is 14.6. The number of urea groups is 1. The lowest BCUT2D eigenvalue weighted by Gasteiger charge is -2.22. The van der Waals surface area contributed by atoms with Crippen molar-refractivity contribution in [3.8, 4) is 0 Å². The van der Waals surface area contributed by atoms with Crippen molar-refractivity contribution in [3.05, 3.63) is 0 Å². The fourth-order valence-corrected chi connectivity index (χ4v) is 3.04. The molecule has 1 saturated carbocycles. The Kier molecular flexibility index (Phi) is 3.04. The Labute approximate surface area is 112 Å². The van der Waals surface area contributed by atoms with E-state index in [-0.39, 0.29) is 29.8 Å². The number of likely N-dealkylation sites (tertiary alicyclic amines) is 1. The second kappa shape index (κ2) is 4.10. The Morgan fingerprint density at radius 2 is 1.74 bits per heavy atom. The Balaban J connectivity index is 2.03. The molecule has 19 heavy (non-hydrogen) atoms. The number of carboxylic acids is 1. The number of rotatable bonds is 2. The summed E-state index contributed by atoms with van der Waals surface area (Å²) in [6.07, 6.45) is -0.660. The van der Waals surface area contributed by atoms with E-state index in [1.165, 1.54) is 4.90 Å². The number of nitrogens with one attached hydrogen (secondary N) is 1. The molecule has 2 amide bonds. The summed E-state index contributed by atoms with van der Waals surface area (Å²) in [4.78, 5) is 24.5. The highest BCUT2D eigenvalue weighted by atomic mass is 16.4. The van der Waals surface area contributed by atoms with Gasteiger partial charge in [-0.2, -0.15) is 0 Å². The van der Waals surface area contributed by atoms with Crippen LogP contribution in [-0.4, -0.2) is 51.8 Å². The van der Waals surface area contributed by atoms with Crippen LogP contribution in [0, 0.1) is 10.8 Å². The number of hydrogen-bond donors (Lipinski definition) is 3. The molecule has 1 aliphatic heterocycles. The Morgan fingerprint density at radius 3 is 2.16 bits per heavy atom. The average Bonchev–Trinajstić information content (AvgIpc) is 2.65. The summed E-state index contributed by atoms with van der Waals surface area (Å²) in [5, 5.41) is 21.5. The van der Waals surface area contributed by atoms with Crippen molar-refractivity contribution in [2.45, 2.75) is 52.3 Å². The molecular formula is C13H22N2O4. The highest BCUT2D eigenvalue weighted by Crippen LogP contribution is 2.62. The first-order chi connectivity index (χ1) is 8.59. The lowest BCUT2D eigenvalue weighted by molar-refractivity contribution is -0.141. The van der Waals surface area contributed by atoms with Crippen molar-refractivity contribution in [3.63, 3.8) is 0 Å². The lowest BCUT2D eigenvalue weighted by Crippen LogP contribution is -2.47. The largest absolute Gasteiger partial charge is 0.480 e. The molecule has 0 aromatic rings. The van der Waals surface area contributed by atoms with E-state index in [4.69, 9.17) is 5.11 Å². The monoisotopic (exact) mass is 270 g/mol. The van der Waals surface area contributed by atoms with E-state index in [0.717, 1.165) is 0 Å². The summed E-state index contributed by atoms with van der Waals surface area (Å²) in [6, 6.07) is -1.30. The first kappa shape index (κ1) is 14.1. The van der Waals surface area contributed by atoms with Gasteiger partial charge >= 0.3 is 12.0 Å². The van der Waals surface area contributed by atoms with Crippen LogP contribution in [0.5, 0.6) is 0 Å². The molecule has 2 rings (SSSR count). The summed E-state index contributed by atoms with van der Waals surface area (Å²) in [6.45, 7) is 8.38. The van der Waals surface area contributed by atoms with Gasteiger partial charge in [-0.1, -0.05) is 27.7 Å². The summed E-state index contributed by atoms with van der Waals surface area (Å²) in [5.41, 5.74) is -0.000554. The maximum atomic E-state index is 12.2. The molecule has 108 valence electrons. The van der Waals surface area contributed by atoms with Gasteiger partial charge in [0.1, 0.15) is 6.04 Å². The zero-order valence-corrected chi connectivity index (χ0v) is 11.8. The van der Waals surface area contributed by atoms with Crippen LogP contribution in [0.2, 0.25) is 0 Å². The Hall–Kier alpha value is -1.30. The molecule has 0 aromatic carbocycles. The minimum Gasteiger partial charge on any atom is -0.480 e. The van der Waals surface area contributed by atoms with Crippen molar-refractivity contribution in [2.24, 2.45) is 10.8 Å². The van der Waals surface area contributed by atoms with E-state index in [2.05, 4.69) is 33.0 Å². The van der Waals surface area contributed by atoms with Crippen LogP contribution >= 0.6 is 0 Å². The van der Waals surface area contributed by atoms with Gasteiger partial charge in [0.2, 0.25) is 0 Å². The lowest BCUT2D eigenvalue weighted by atomic mass is 10.0. The number of hydrogen-bond acceptors (Lipinski definition) is 3. The van der Waals surface area contributed by atoms with Crippen LogP contribution in [0.15, 0.2) is 0 Å². The molecule has 2 atom stereocenters. The number of aliphatic hydroxyl groups excluding tert-OH is 1. The summed E-state index contributed by atoms with van der Waals surface area (Å²) < 4.78 is 0.